The molecule has 2 heterocycles. The number of rotatable bonds is 9. The van der Waals surface area contributed by atoms with E-state index in [2.05, 4.69) is 41.1 Å². The number of carbonyl (C=O) groups is 2. The normalized spacial score (nSPS) is 11.0. The molecule has 4 aromatic rings. The lowest BCUT2D eigenvalue weighted by Gasteiger charge is -2.11. The molecule has 2 aromatic heterocycles. The maximum absolute atomic E-state index is 12.4. The van der Waals surface area contributed by atoms with Gasteiger partial charge in [-0.1, -0.05) is 0 Å². The van der Waals surface area contributed by atoms with Crippen molar-refractivity contribution >= 4 is 40.7 Å². The number of ether oxygens (including phenoxy) is 3. The number of benzene rings is 2. The molecule has 0 aliphatic heterocycles. The van der Waals surface area contributed by atoms with Gasteiger partial charge in [-0.15, -0.1) is 0 Å². The number of nitrogens with zero attached hydrogens (tertiary/aromatic N) is 2. The van der Waals surface area contributed by atoms with E-state index >= 15 is 0 Å². The van der Waals surface area contributed by atoms with Crippen LogP contribution < -0.4 is 19.6 Å². The molecule has 0 aliphatic rings. The number of aromatic nitrogens is 1. The molecule has 0 saturated heterocycles. The third-order valence-corrected chi connectivity index (χ3v) is 6.31. The van der Waals surface area contributed by atoms with E-state index in [0.717, 1.165) is 17.1 Å². The van der Waals surface area contributed by atoms with Crippen molar-refractivity contribution in [2.75, 3.05) is 7.11 Å². The van der Waals surface area contributed by atoms with Gasteiger partial charge in [0.05, 0.1) is 16.9 Å². The number of hydrazone groups is 1. The highest BCUT2D eigenvalue weighted by atomic mass is 127. The Kier molecular flexibility index (Phi) is 8.52. The second-order valence-corrected chi connectivity index (χ2v) is 9.49. The molecule has 0 spiro atoms. The van der Waals surface area contributed by atoms with Crippen LogP contribution in [0.4, 0.5) is 0 Å². The van der Waals surface area contributed by atoms with Gasteiger partial charge in [-0.2, -0.15) is 5.10 Å². The van der Waals surface area contributed by atoms with Crippen LogP contribution >= 0.6 is 22.6 Å². The fourth-order valence-corrected chi connectivity index (χ4v) is 4.51. The molecular formula is C28H26IN3O6. The number of hydrogen-bond acceptors (Lipinski definition) is 7. The summed E-state index contributed by atoms with van der Waals surface area (Å²) < 4.78 is 24.7. The second-order valence-electron chi connectivity index (χ2n) is 8.33. The highest BCUT2D eigenvalue weighted by Crippen LogP contribution is 2.33. The quantitative estimate of drug-likeness (QED) is 0.0856. The summed E-state index contributed by atoms with van der Waals surface area (Å²) in [4.78, 5) is 23.8. The molecule has 0 saturated carbocycles. The van der Waals surface area contributed by atoms with Crippen molar-refractivity contribution in [3.8, 4) is 22.9 Å². The van der Waals surface area contributed by atoms with Crippen molar-refractivity contribution in [2.24, 2.45) is 5.10 Å². The van der Waals surface area contributed by atoms with Crippen LogP contribution in [0.25, 0.3) is 5.69 Å². The number of nitrogens with one attached hydrogen (secondary N) is 1. The van der Waals surface area contributed by atoms with Gasteiger partial charge in [-0.25, -0.2) is 5.43 Å². The predicted molar refractivity (Wildman–Crippen MR) is 150 cm³/mol. The third kappa shape index (κ3) is 6.43. The van der Waals surface area contributed by atoms with Crippen molar-refractivity contribution in [2.45, 2.75) is 27.4 Å². The van der Waals surface area contributed by atoms with Crippen LogP contribution in [0.5, 0.6) is 17.2 Å². The first kappa shape index (κ1) is 27.0. The van der Waals surface area contributed by atoms with Gasteiger partial charge in [0.25, 0.3) is 0 Å². The van der Waals surface area contributed by atoms with Crippen LogP contribution in [-0.2, 0) is 11.4 Å². The summed E-state index contributed by atoms with van der Waals surface area (Å²) in [6.45, 7) is 5.62. The van der Waals surface area contributed by atoms with Crippen LogP contribution in [0.3, 0.4) is 0 Å². The Bertz CT molecular complexity index is 1470. The summed E-state index contributed by atoms with van der Waals surface area (Å²) >= 11 is 2.03. The fraction of sp³-hybridized carbons (Fsp3) is 0.179. The SMILES string of the molecule is COc1cc(/C=N/NC(=O)c2ccc(COc3ccc(-n4c(C)ccc4C)cc3)o2)cc(I)c1OC(C)=O. The minimum absolute atomic E-state index is 0.104. The monoisotopic (exact) mass is 627 g/mol. The highest BCUT2D eigenvalue weighted by Gasteiger charge is 2.14. The summed E-state index contributed by atoms with van der Waals surface area (Å²) in [5.41, 5.74) is 6.45. The molecule has 2 aromatic carbocycles. The number of carbonyl (C=O) groups excluding carboxylic acids is 2. The lowest BCUT2D eigenvalue weighted by molar-refractivity contribution is -0.132. The Morgan fingerprint density at radius 2 is 1.76 bits per heavy atom. The Morgan fingerprint density at radius 3 is 2.42 bits per heavy atom. The second kappa shape index (κ2) is 12.0. The number of methoxy groups -OCH3 is 1. The molecule has 0 aliphatic carbocycles. The van der Waals surface area contributed by atoms with Crippen molar-refractivity contribution in [1.29, 1.82) is 0 Å². The maximum Gasteiger partial charge on any atom is 0.308 e. The van der Waals surface area contributed by atoms with Crippen LogP contribution in [-0.4, -0.2) is 29.8 Å². The van der Waals surface area contributed by atoms with E-state index in [1.165, 1.54) is 20.2 Å². The van der Waals surface area contributed by atoms with Gasteiger partial charge >= 0.3 is 11.9 Å². The van der Waals surface area contributed by atoms with E-state index in [1.54, 1.807) is 24.3 Å². The van der Waals surface area contributed by atoms with Gasteiger partial charge in [0.2, 0.25) is 0 Å². The van der Waals surface area contributed by atoms with Crippen LogP contribution in [0.1, 0.15) is 40.2 Å². The average Bonchev–Trinajstić information content (AvgIpc) is 3.50. The van der Waals surface area contributed by atoms with Crippen LogP contribution in [0.15, 0.2) is 70.2 Å². The van der Waals surface area contributed by atoms with E-state index in [0.29, 0.717) is 32.1 Å². The minimum Gasteiger partial charge on any atom is -0.493 e. The number of esters is 1. The van der Waals surface area contributed by atoms with Gasteiger partial charge in [-0.3, -0.25) is 9.59 Å². The van der Waals surface area contributed by atoms with E-state index in [4.69, 9.17) is 18.6 Å². The van der Waals surface area contributed by atoms with Gasteiger partial charge in [0, 0.05) is 24.0 Å². The summed E-state index contributed by atoms with van der Waals surface area (Å²) in [5, 5.41) is 3.99. The Labute approximate surface area is 233 Å². The van der Waals surface area contributed by atoms with E-state index in [-0.39, 0.29) is 12.4 Å². The fourth-order valence-electron chi connectivity index (χ4n) is 3.78. The molecule has 1 amide bonds. The molecular weight excluding hydrogens is 601 g/mol. The average molecular weight is 627 g/mol. The van der Waals surface area contributed by atoms with E-state index < -0.39 is 11.9 Å². The molecule has 38 heavy (non-hydrogen) atoms. The van der Waals surface area contributed by atoms with Crippen molar-refractivity contribution < 1.29 is 28.2 Å². The molecule has 0 radical (unpaired) electrons. The summed E-state index contributed by atoms with van der Waals surface area (Å²) in [7, 11) is 1.47. The smallest absolute Gasteiger partial charge is 0.308 e. The number of hydrogen-bond donors (Lipinski definition) is 1. The number of amides is 1. The summed E-state index contributed by atoms with van der Waals surface area (Å²) in [5.74, 6) is 1.04. The molecule has 0 atom stereocenters. The lowest BCUT2D eigenvalue weighted by Crippen LogP contribution is -2.16. The van der Waals surface area contributed by atoms with Crippen LogP contribution in [0, 0.1) is 17.4 Å². The number of furan rings is 1. The summed E-state index contributed by atoms with van der Waals surface area (Å²) in [6, 6.07) is 18.6. The molecule has 4 rings (SSSR count). The molecule has 1 N–H and O–H groups in total. The first-order valence-electron chi connectivity index (χ1n) is 11.6. The zero-order chi connectivity index (χ0) is 27.2. The highest BCUT2D eigenvalue weighted by molar-refractivity contribution is 14.1. The standard InChI is InChI=1S/C28H26IN3O6/c1-17-5-6-18(2)32(17)21-7-9-22(10-8-21)36-16-23-11-12-25(38-23)28(34)31-30-15-20-13-24(29)27(37-19(3)33)26(14-20)35-4/h5-15H,16H2,1-4H3,(H,31,34)/b30-15+. The third-order valence-electron chi connectivity index (χ3n) is 5.51. The Morgan fingerprint density at radius 1 is 1.05 bits per heavy atom. The van der Waals surface area contributed by atoms with Crippen molar-refractivity contribution in [3.63, 3.8) is 0 Å². The van der Waals surface area contributed by atoms with Crippen LogP contribution in [0.2, 0.25) is 0 Å². The van der Waals surface area contributed by atoms with E-state index in [9.17, 15) is 9.59 Å². The Hall–Kier alpha value is -4.06. The minimum atomic E-state index is -0.507. The van der Waals surface area contributed by atoms with Crippen molar-refractivity contribution in [3.05, 3.63) is 92.7 Å². The lowest BCUT2D eigenvalue weighted by atomic mass is 10.2. The number of aryl methyl sites for hydroxylation is 2. The molecule has 9 nitrogen and oxygen atoms in total. The summed E-state index contributed by atoms with van der Waals surface area (Å²) in [6.07, 6.45) is 1.45. The predicted octanol–water partition coefficient (Wildman–Crippen LogP) is 5.57. The zero-order valence-electron chi connectivity index (χ0n) is 21.3. The first-order valence-corrected chi connectivity index (χ1v) is 12.7. The van der Waals surface area contributed by atoms with Gasteiger partial charge in [-0.05, 0) is 103 Å². The zero-order valence-corrected chi connectivity index (χ0v) is 23.4. The molecule has 0 bridgehead atoms. The molecule has 196 valence electrons. The topological polar surface area (TPSA) is 104 Å². The Balaban J connectivity index is 1.33. The molecule has 0 fully saturated rings. The van der Waals surface area contributed by atoms with Crippen molar-refractivity contribution in [1.82, 2.24) is 9.99 Å². The van der Waals surface area contributed by atoms with Gasteiger partial charge < -0.3 is 23.2 Å². The van der Waals surface area contributed by atoms with E-state index in [1.807, 2.05) is 46.9 Å². The molecule has 0 unspecified atom stereocenters. The van der Waals surface area contributed by atoms with Gasteiger partial charge in [0.15, 0.2) is 17.3 Å². The molecule has 10 heteroatoms. The number of halogens is 1. The maximum atomic E-state index is 12.4. The first-order chi connectivity index (χ1) is 18.2. The largest absolute Gasteiger partial charge is 0.493 e. The van der Waals surface area contributed by atoms with Gasteiger partial charge in [0.1, 0.15) is 18.1 Å².